The molecule has 0 aliphatic heterocycles. The Morgan fingerprint density at radius 3 is 2.47 bits per heavy atom. The Morgan fingerprint density at radius 2 is 1.83 bits per heavy atom. The van der Waals surface area contributed by atoms with Crippen molar-refractivity contribution in [3.63, 3.8) is 0 Å². The van der Waals surface area contributed by atoms with E-state index in [1.807, 2.05) is 30.3 Å². The first-order valence-corrected chi connectivity index (χ1v) is 10.4. The molecule has 1 unspecified atom stereocenters. The number of carbonyl (C=O) groups is 1. The number of hydrogen-bond acceptors (Lipinski definition) is 5. The highest BCUT2D eigenvalue weighted by Crippen LogP contribution is 2.36. The third kappa shape index (κ3) is 5.29. The minimum atomic E-state index is -0.752. The van der Waals surface area contributed by atoms with Crippen molar-refractivity contribution in [2.45, 2.75) is 32.6 Å². The largest absolute Gasteiger partial charge is 0.465 e. The molecule has 0 N–H and O–H groups in total. The van der Waals surface area contributed by atoms with Crippen LogP contribution in [0, 0.1) is 0 Å². The molecular weight excluding hydrogens is 423 g/mol. The molecule has 0 amide bonds. The average molecular weight is 445 g/mol. The normalized spacial score (nSPS) is 11.9. The van der Waals surface area contributed by atoms with E-state index < -0.39 is 11.9 Å². The van der Waals surface area contributed by atoms with E-state index in [1.165, 1.54) is 0 Å². The van der Waals surface area contributed by atoms with E-state index in [4.69, 9.17) is 32.7 Å². The molecule has 0 spiro atoms. The lowest BCUT2D eigenvalue weighted by molar-refractivity contribution is -0.143. The van der Waals surface area contributed by atoms with Gasteiger partial charge in [-0.25, -0.2) is 0 Å². The minimum absolute atomic E-state index is 0.213. The zero-order valence-electron chi connectivity index (χ0n) is 16.9. The maximum absolute atomic E-state index is 12.8. The van der Waals surface area contributed by atoms with Crippen LogP contribution in [0.25, 0.3) is 0 Å². The molecule has 0 bridgehead atoms. The van der Waals surface area contributed by atoms with Crippen LogP contribution in [0.15, 0.2) is 54.6 Å². The van der Waals surface area contributed by atoms with Gasteiger partial charge < -0.3 is 9.47 Å². The first kappa shape index (κ1) is 22.1. The first-order chi connectivity index (χ1) is 14.4. The maximum Gasteiger partial charge on any atom is 0.319 e. The molecule has 0 saturated carbocycles. The number of benzene rings is 2. The average Bonchev–Trinajstić information content (AvgIpc) is 2.70. The van der Waals surface area contributed by atoms with Gasteiger partial charge in [-0.05, 0) is 60.4 Å². The van der Waals surface area contributed by atoms with Crippen molar-refractivity contribution < 1.29 is 14.3 Å². The fraction of sp³-hybridized carbons (Fsp3) is 0.261. The third-order valence-corrected chi connectivity index (χ3v) is 4.92. The number of ether oxygens (including phenoxy) is 2. The molecular formula is C23H22Cl2N2O3. The van der Waals surface area contributed by atoms with E-state index in [0.717, 1.165) is 5.56 Å². The zero-order chi connectivity index (χ0) is 21.7. The lowest BCUT2D eigenvalue weighted by Gasteiger charge is -2.19. The molecule has 2 aromatic carbocycles. The molecule has 1 heterocycles. The van der Waals surface area contributed by atoms with Crippen LogP contribution in [0.2, 0.25) is 10.2 Å². The van der Waals surface area contributed by atoms with Gasteiger partial charge >= 0.3 is 5.97 Å². The van der Waals surface area contributed by atoms with Crippen LogP contribution in [0.1, 0.15) is 49.4 Å². The summed E-state index contributed by atoms with van der Waals surface area (Å²) in [5.41, 5.74) is 2.14. The van der Waals surface area contributed by atoms with Crippen molar-refractivity contribution >= 4 is 29.2 Å². The Morgan fingerprint density at radius 1 is 1.03 bits per heavy atom. The van der Waals surface area contributed by atoms with Crippen LogP contribution >= 0.6 is 23.2 Å². The molecule has 1 atom stereocenters. The summed E-state index contributed by atoms with van der Waals surface area (Å²) in [4.78, 5) is 12.8. The number of carbonyl (C=O) groups excluding carboxylic acids is 1. The monoisotopic (exact) mass is 444 g/mol. The van der Waals surface area contributed by atoms with Crippen LogP contribution in [0.3, 0.4) is 0 Å². The summed E-state index contributed by atoms with van der Waals surface area (Å²) in [6, 6.07) is 16.1. The summed E-state index contributed by atoms with van der Waals surface area (Å²) in [6.07, 6.45) is 0. The predicted octanol–water partition coefficient (Wildman–Crippen LogP) is 6.39. The SMILES string of the molecule is CCOC(=O)C(c1ccc(C(C)C)c(Oc2cccc(Cl)c2)c1)c1ccc(Cl)nn1. The summed E-state index contributed by atoms with van der Waals surface area (Å²) >= 11 is 12.0. The van der Waals surface area contributed by atoms with Crippen molar-refractivity contribution in [1.82, 2.24) is 10.2 Å². The lowest BCUT2D eigenvalue weighted by Crippen LogP contribution is -2.19. The van der Waals surface area contributed by atoms with Crippen molar-refractivity contribution in [3.05, 3.63) is 81.6 Å². The zero-order valence-corrected chi connectivity index (χ0v) is 18.4. The molecule has 7 heteroatoms. The lowest BCUT2D eigenvalue weighted by atomic mass is 9.92. The molecule has 0 fully saturated rings. The second-order valence-electron chi connectivity index (χ2n) is 6.98. The van der Waals surface area contributed by atoms with Gasteiger partial charge in [0.1, 0.15) is 17.4 Å². The molecule has 3 rings (SSSR count). The van der Waals surface area contributed by atoms with E-state index >= 15 is 0 Å². The van der Waals surface area contributed by atoms with Crippen LogP contribution in [0.4, 0.5) is 0 Å². The Bertz CT molecular complexity index is 1020. The van der Waals surface area contributed by atoms with Crippen LogP contribution in [0.5, 0.6) is 11.5 Å². The van der Waals surface area contributed by atoms with Gasteiger partial charge in [-0.1, -0.05) is 55.2 Å². The Hall–Kier alpha value is -2.63. The molecule has 1 aromatic heterocycles. The van der Waals surface area contributed by atoms with E-state index in [9.17, 15) is 4.79 Å². The number of nitrogens with zero attached hydrogens (tertiary/aromatic N) is 2. The molecule has 0 radical (unpaired) electrons. The van der Waals surface area contributed by atoms with Crippen molar-refractivity contribution in [2.24, 2.45) is 0 Å². The summed E-state index contributed by atoms with van der Waals surface area (Å²) in [6.45, 7) is 6.17. The number of esters is 1. The molecule has 30 heavy (non-hydrogen) atoms. The molecule has 0 saturated heterocycles. The number of halogens is 2. The van der Waals surface area contributed by atoms with E-state index in [-0.39, 0.29) is 17.7 Å². The maximum atomic E-state index is 12.8. The smallest absolute Gasteiger partial charge is 0.319 e. The summed E-state index contributed by atoms with van der Waals surface area (Å²) in [7, 11) is 0. The summed E-state index contributed by atoms with van der Waals surface area (Å²) in [5.74, 6) is 0.295. The first-order valence-electron chi connectivity index (χ1n) is 9.62. The van der Waals surface area contributed by atoms with Gasteiger partial charge in [0.05, 0.1) is 12.3 Å². The second-order valence-corrected chi connectivity index (χ2v) is 7.80. The van der Waals surface area contributed by atoms with Crippen molar-refractivity contribution in [2.75, 3.05) is 6.61 Å². The second kappa shape index (κ2) is 9.92. The number of aromatic nitrogens is 2. The highest BCUT2D eigenvalue weighted by Gasteiger charge is 2.27. The third-order valence-electron chi connectivity index (χ3n) is 4.49. The fourth-order valence-electron chi connectivity index (χ4n) is 3.09. The van der Waals surface area contributed by atoms with Gasteiger partial charge in [-0.3, -0.25) is 4.79 Å². The molecule has 5 nitrogen and oxygen atoms in total. The summed E-state index contributed by atoms with van der Waals surface area (Å²) in [5, 5.41) is 8.81. The van der Waals surface area contributed by atoms with Gasteiger partial charge in [0.25, 0.3) is 0 Å². The van der Waals surface area contributed by atoms with Gasteiger partial charge in [0.2, 0.25) is 0 Å². The highest BCUT2D eigenvalue weighted by atomic mass is 35.5. The van der Waals surface area contributed by atoms with Gasteiger partial charge in [-0.2, -0.15) is 5.10 Å². The van der Waals surface area contributed by atoms with Gasteiger partial charge in [0, 0.05) is 5.02 Å². The van der Waals surface area contributed by atoms with Crippen molar-refractivity contribution in [1.29, 1.82) is 0 Å². The van der Waals surface area contributed by atoms with Crippen molar-refractivity contribution in [3.8, 4) is 11.5 Å². The summed E-state index contributed by atoms with van der Waals surface area (Å²) < 4.78 is 11.4. The number of hydrogen-bond donors (Lipinski definition) is 0. The quantitative estimate of drug-likeness (QED) is 0.394. The van der Waals surface area contributed by atoms with Crippen LogP contribution < -0.4 is 4.74 Å². The molecule has 3 aromatic rings. The fourth-order valence-corrected chi connectivity index (χ4v) is 3.37. The van der Waals surface area contributed by atoms with Crippen LogP contribution in [-0.4, -0.2) is 22.8 Å². The molecule has 156 valence electrons. The molecule has 0 aliphatic rings. The Kier molecular flexibility index (Phi) is 7.29. The van der Waals surface area contributed by atoms with Gasteiger partial charge in [-0.15, -0.1) is 5.10 Å². The highest BCUT2D eigenvalue weighted by molar-refractivity contribution is 6.30. The van der Waals surface area contributed by atoms with E-state index in [1.54, 1.807) is 31.2 Å². The topological polar surface area (TPSA) is 61.3 Å². The van der Waals surface area contributed by atoms with Crippen LogP contribution in [-0.2, 0) is 9.53 Å². The standard InChI is InChI=1S/C23H22Cl2N2O3/c1-4-29-23(28)22(19-10-11-21(25)27-26-19)15-8-9-18(14(2)3)20(12-15)30-17-7-5-6-16(24)13-17/h5-14,22H,4H2,1-3H3. The minimum Gasteiger partial charge on any atom is -0.465 e. The van der Waals surface area contributed by atoms with E-state index in [2.05, 4.69) is 24.0 Å². The Labute approximate surface area is 186 Å². The van der Waals surface area contributed by atoms with Gasteiger partial charge in [0.15, 0.2) is 5.15 Å². The Balaban J connectivity index is 2.07. The molecule has 0 aliphatic carbocycles. The number of rotatable bonds is 7. The predicted molar refractivity (Wildman–Crippen MR) is 118 cm³/mol. The van der Waals surface area contributed by atoms with E-state index in [0.29, 0.717) is 27.8 Å².